The molecule has 2 aromatic rings. The molecule has 0 saturated heterocycles. The van der Waals surface area contributed by atoms with Crippen LogP contribution in [0.4, 0.5) is 5.69 Å². The number of ether oxygens (including phenoxy) is 2. The number of carboxylic acids is 1. The molecular formula is C16H17NO5S. The Morgan fingerprint density at radius 1 is 1.22 bits per heavy atom. The summed E-state index contributed by atoms with van der Waals surface area (Å²) in [4.78, 5) is 23.0. The third-order valence-electron chi connectivity index (χ3n) is 2.95. The van der Waals surface area contributed by atoms with E-state index in [1.54, 1.807) is 42.8 Å². The van der Waals surface area contributed by atoms with Gasteiger partial charge in [0.25, 0.3) is 5.91 Å². The number of carbonyl (C=O) groups is 2. The molecular weight excluding hydrogens is 318 g/mol. The molecule has 0 saturated carbocycles. The lowest BCUT2D eigenvalue weighted by molar-refractivity contribution is -0.137. The van der Waals surface area contributed by atoms with Gasteiger partial charge < -0.3 is 19.9 Å². The molecule has 1 aromatic carbocycles. The van der Waals surface area contributed by atoms with Crippen LogP contribution in [0.5, 0.6) is 11.5 Å². The van der Waals surface area contributed by atoms with Crippen LogP contribution in [0, 0.1) is 0 Å². The maximum absolute atomic E-state index is 12.1. The topological polar surface area (TPSA) is 84.9 Å². The Labute approximate surface area is 137 Å². The monoisotopic (exact) mass is 335 g/mol. The number of methoxy groups -OCH3 is 1. The van der Waals surface area contributed by atoms with Crippen LogP contribution in [0.3, 0.4) is 0 Å². The van der Waals surface area contributed by atoms with E-state index >= 15 is 0 Å². The molecule has 1 amide bonds. The molecule has 0 bridgehead atoms. The van der Waals surface area contributed by atoms with Crippen molar-refractivity contribution in [3.8, 4) is 11.5 Å². The predicted molar refractivity (Wildman–Crippen MR) is 87.6 cm³/mol. The third kappa shape index (κ3) is 5.30. The van der Waals surface area contributed by atoms with Crippen LogP contribution in [-0.2, 0) is 4.79 Å². The molecule has 0 aliphatic heterocycles. The van der Waals surface area contributed by atoms with E-state index in [0.29, 0.717) is 35.1 Å². The van der Waals surface area contributed by atoms with Crippen molar-refractivity contribution in [2.24, 2.45) is 0 Å². The van der Waals surface area contributed by atoms with E-state index < -0.39 is 5.97 Å². The highest BCUT2D eigenvalue weighted by Crippen LogP contribution is 2.23. The molecule has 122 valence electrons. The summed E-state index contributed by atoms with van der Waals surface area (Å²) in [5.41, 5.74) is 0.653. The largest absolute Gasteiger partial charge is 0.496 e. The number of hydrogen-bond acceptors (Lipinski definition) is 5. The van der Waals surface area contributed by atoms with E-state index in [4.69, 9.17) is 14.6 Å². The molecule has 6 nitrogen and oxygen atoms in total. The Morgan fingerprint density at radius 2 is 1.96 bits per heavy atom. The number of benzene rings is 1. The number of rotatable bonds is 8. The second kappa shape index (κ2) is 8.19. The number of amides is 1. The fraction of sp³-hybridized carbons (Fsp3) is 0.250. The molecule has 7 heteroatoms. The Morgan fingerprint density at radius 3 is 2.57 bits per heavy atom. The number of anilines is 1. The Hall–Kier alpha value is -2.54. The normalized spacial score (nSPS) is 10.1. The summed E-state index contributed by atoms with van der Waals surface area (Å²) in [7, 11) is 1.55. The van der Waals surface area contributed by atoms with E-state index in [9.17, 15) is 9.59 Å². The van der Waals surface area contributed by atoms with Crippen molar-refractivity contribution in [2.45, 2.75) is 12.8 Å². The summed E-state index contributed by atoms with van der Waals surface area (Å²) in [5.74, 6) is 0.252. The molecule has 0 aliphatic rings. The zero-order chi connectivity index (χ0) is 16.7. The summed E-state index contributed by atoms with van der Waals surface area (Å²) in [6.45, 7) is 0.340. The van der Waals surface area contributed by atoms with Gasteiger partial charge in [-0.3, -0.25) is 9.59 Å². The average Bonchev–Trinajstić information content (AvgIpc) is 3.02. The van der Waals surface area contributed by atoms with Crippen LogP contribution in [0.2, 0.25) is 0 Å². The van der Waals surface area contributed by atoms with Gasteiger partial charge in [0.05, 0.1) is 18.6 Å². The second-order valence-corrected chi connectivity index (χ2v) is 5.59. The van der Waals surface area contributed by atoms with Gasteiger partial charge in [0.15, 0.2) is 0 Å². The van der Waals surface area contributed by atoms with Crippen LogP contribution in [-0.4, -0.2) is 30.7 Å². The van der Waals surface area contributed by atoms with Gasteiger partial charge in [-0.05, 0) is 30.7 Å². The van der Waals surface area contributed by atoms with Gasteiger partial charge >= 0.3 is 5.97 Å². The lowest BCUT2D eigenvalue weighted by Gasteiger charge is -2.07. The minimum Gasteiger partial charge on any atom is -0.496 e. The molecule has 23 heavy (non-hydrogen) atoms. The third-order valence-corrected chi connectivity index (χ3v) is 3.86. The maximum atomic E-state index is 12.1. The predicted octanol–water partition coefficient (Wildman–Crippen LogP) is 3.25. The highest BCUT2D eigenvalue weighted by Gasteiger charge is 2.09. The highest BCUT2D eigenvalue weighted by atomic mass is 32.1. The molecule has 0 unspecified atom stereocenters. The van der Waals surface area contributed by atoms with Crippen molar-refractivity contribution >= 4 is 28.9 Å². The zero-order valence-corrected chi connectivity index (χ0v) is 13.4. The quantitative estimate of drug-likeness (QED) is 0.723. The van der Waals surface area contributed by atoms with Gasteiger partial charge in [0.1, 0.15) is 11.5 Å². The Balaban J connectivity index is 1.84. The Kier molecular flexibility index (Phi) is 5.99. The SMILES string of the molecule is COc1csc(C(=O)Nc2ccc(OCCCC(=O)O)cc2)c1. The first kappa shape index (κ1) is 16.8. The summed E-state index contributed by atoms with van der Waals surface area (Å²) >= 11 is 1.31. The number of hydrogen-bond donors (Lipinski definition) is 2. The number of nitrogens with one attached hydrogen (secondary N) is 1. The fourth-order valence-electron chi connectivity index (χ4n) is 1.79. The average molecular weight is 335 g/mol. The summed E-state index contributed by atoms with van der Waals surface area (Å²) < 4.78 is 10.5. The zero-order valence-electron chi connectivity index (χ0n) is 12.6. The minimum absolute atomic E-state index is 0.0818. The van der Waals surface area contributed by atoms with Crippen molar-refractivity contribution < 1.29 is 24.2 Å². The first-order valence-electron chi connectivity index (χ1n) is 6.97. The van der Waals surface area contributed by atoms with Gasteiger partial charge in [0, 0.05) is 23.6 Å². The fourth-order valence-corrected chi connectivity index (χ4v) is 2.54. The molecule has 1 aromatic heterocycles. The van der Waals surface area contributed by atoms with Crippen LogP contribution >= 0.6 is 11.3 Å². The van der Waals surface area contributed by atoms with Gasteiger partial charge in [-0.25, -0.2) is 0 Å². The van der Waals surface area contributed by atoms with Gasteiger partial charge in [0.2, 0.25) is 0 Å². The lowest BCUT2D eigenvalue weighted by atomic mass is 10.3. The van der Waals surface area contributed by atoms with Gasteiger partial charge in [-0.2, -0.15) is 0 Å². The van der Waals surface area contributed by atoms with Crippen LogP contribution in [0.1, 0.15) is 22.5 Å². The van der Waals surface area contributed by atoms with Crippen molar-refractivity contribution in [3.63, 3.8) is 0 Å². The summed E-state index contributed by atoms with van der Waals surface area (Å²) in [6, 6.07) is 8.60. The molecule has 1 heterocycles. The van der Waals surface area contributed by atoms with E-state index in [0.717, 1.165) is 0 Å². The van der Waals surface area contributed by atoms with Gasteiger partial charge in [-0.15, -0.1) is 11.3 Å². The number of carboxylic acid groups (broad SMARTS) is 1. The van der Waals surface area contributed by atoms with Crippen molar-refractivity contribution in [2.75, 3.05) is 19.0 Å². The maximum Gasteiger partial charge on any atom is 0.303 e. The van der Waals surface area contributed by atoms with E-state index in [2.05, 4.69) is 5.32 Å². The van der Waals surface area contributed by atoms with E-state index in [-0.39, 0.29) is 12.3 Å². The summed E-state index contributed by atoms with van der Waals surface area (Å²) in [5, 5.41) is 13.1. The smallest absolute Gasteiger partial charge is 0.303 e. The first-order valence-corrected chi connectivity index (χ1v) is 7.85. The van der Waals surface area contributed by atoms with Crippen LogP contribution in [0.25, 0.3) is 0 Å². The molecule has 0 fully saturated rings. The second-order valence-electron chi connectivity index (χ2n) is 4.68. The standard InChI is InChI=1S/C16H17NO5S/c1-21-13-9-14(23-10-13)16(20)17-11-4-6-12(7-5-11)22-8-2-3-15(18)19/h4-7,9-10H,2-3,8H2,1H3,(H,17,20)(H,18,19). The van der Waals surface area contributed by atoms with Crippen molar-refractivity contribution in [1.82, 2.24) is 0 Å². The van der Waals surface area contributed by atoms with Crippen molar-refractivity contribution in [3.05, 3.63) is 40.6 Å². The molecule has 0 atom stereocenters. The van der Waals surface area contributed by atoms with E-state index in [1.165, 1.54) is 11.3 Å². The molecule has 0 aliphatic carbocycles. The molecule has 2 rings (SSSR count). The number of aliphatic carboxylic acids is 1. The van der Waals surface area contributed by atoms with Gasteiger partial charge in [-0.1, -0.05) is 0 Å². The Bertz CT molecular complexity index is 665. The van der Waals surface area contributed by atoms with Crippen LogP contribution < -0.4 is 14.8 Å². The first-order chi connectivity index (χ1) is 11.1. The number of thiophene rings is 1. The highest BCUT2D eigenvalue weighted by molar-refractivity contribution is 7.12. The molecule has 2 N–H and O–H groups in total. The van der Waals surface area contributed by atoms with Crippen molar-refractivity contribution in [1.29, 1.82) is 0 Å². The lowest BCUT2D eigenvalue weighted by Crippen LogP contribution is -2.10. The summed E-state index contributed by atoms with van der Waals surface area (Å²) in [6.07, 6.45) is 0.534. The number of carbonyl (C=O) groups excluding carboxylic acids is 1. The van der Waals surface area contributed by atoms with Crippen LogP contribution in [0.15, 0.2) is 35.7 Å². The molecule has 0 radical (unpaired) electrons. The minimum atomic E-state index is -0.836. The van der Waals surface area contributed by atoms with E-state index in [1.807, 2.05) is 0 Å². The molecule has 0 spiro atoms.